The lowest BCUT2D eigenvalue weighted by Crippen LogP contribution is -2.25. The summed E-state index contributed by atoms with van der Waals surface area (Å²) < 4.78 is 21.5. The van der Waals surface area contributed by atoms with E-state index in [0.29, 0.717) is 11.1 Å². The summed E-state index contributed by atoms with van der Waals surface area (Å²) in [6, 6.07) is 4.68. The average Bonchev–Trinajstić information content (AvgIpc) is 2.88. The van der Waals surface area contributed by atoms with Crippen LogP contribution in [-0.4, -0.2) is 15.6 Å². The second-order valence-corrected chi connectivity index (χ2v) is 6.77. The van der Waals surface area contributed by atoms with Gasteiger partial charge in [0.15, 0.2) is 5.58 Å². The highest BCUT2D eigenvalue weighted by molar-refractivity contribution is 14.1. The first kappa shape index (κ1) is 16.7. The minimum atomic E-state index is -1.22. The largest absolute Gasteiger partial charge is 0.477 e. The van der Waals surface area contributed by atoms with E-state index in [1.54, 1.807) is 19.1 Å². The van der Waals surface area contributed by atoms with Gasteiger partial charge in [0.2, 0.25) is 0 Å². The van der Waals surface area contributed by atoms with E-state index in [-0.39, 0.29) is 34.2 Å². The van der Waals surface area contributed by atoms with Crippen LogP contribution in [0.5, 0.6) is 0 Å². The fraction of sp³-hybridized carbons (Fsp3) is 0.176. The maximum absolute atomic E-state index is 14.2. The lowest BCUT2D eigenvalue weighted by Gasteiger charge is -2.13. The predicted molar refractivity (Wildman–Crippen MR) is 95.1 cm³/mol. The van der Waals surface area contributed by atoms with Crippen LogP contribution in [0.15, 0.2) is 33.7 Å². The van der Waals surface area contributed by atoms with Crippen molar-refractivity contribution >= 4 is 39.5 Å². The van der Waals surface area contributed by atoms with Crippen molar-refractivity contribution in [3.05, 3.63) is 66.6 Å². The number of furan rings is 1. The van der Waals surface area contributed by atoms with Crippen LogP contribution in [0.4, 0.5) is 4.39 Å². The summed E-state index contributed by atoms with van der Waals surface area (Å²) in [5.41, 5.74) is 0.648. The van der Waals surface area contributed by atoms with E-state index in [4.69, 9.17) is 4.42 Å². The maximum atomic E-state index is 14.2. The number of hydrogen-bond donors (Lipinski definition) is 1. The van der Waals surface area contributed by atoms with Crippen molar-refractivity contribution in [2.24, 2.45) is 7.05 Å². The number of halogens is 2. The van der Waals surface area contributed by atoms with Gasteiger partial charge in [-0.3, -0.25) is 4.79 Å². The topological polar surface area (TPSA) is 72.4 Å². The summed E-state index contributed by atoms with van der Waals surface area (Å²) in [7, 11) is 1.49. The van der Waals surface area contributed by atoms with Gasteiger partial charge in [0, 0.05) is 28.3 Å². The lowest BCUT2D eigenvalue weighted by atomic mass is 10.0. The SMILES string of the molecule is Cc1coc2c(C(=O)O)c(Cc3ccc(I)cc3F)n(C)c(=O)c12. The normalized spacial score (nSPS) is 11.2. The molecule has 24 heavy (non-hydrogen) atoms. The van der Waals surface area contributed by atoms with Gasteiger partial charge in [0.1, 0.15) is 11.4 Å². The third-order valence-electron chi connectivity index (χ3n) is 4.00. The van der Waals surface area contributed by atoms with Gasteiger partial charge < -0.3 is 14.1 Å². The number of aryl methyl sites for hydroxylation is 1. The van der Waals surface area contributed by atoms with E-state index < -0.39 is 11.8 Å². The highest BCUT2D eigenvalue weighted by atomic mass is 127. The molecule has 0 saturated carbocycles. The summed E-state index contributed by atoms with van der Waals surface area (Å²) >= 11 is 1.99. The fourth-order valence-corrected chi connectivity index (χ4v) is 3.21. The molecule has 0 unspecified atom stereocenters. The van der Waals surface area contributed by atoms with Gasteiger partial charge in [0.25, 0.3) is 5.56 Å². The molecule has 2 aromatic heterocycles. The van der Waals surface area contributed by atoms with Crippen LogP contribution in [0.1, 0.15) is 27.2 Å². The second kappa shape index (κ2) is 6.04. The Morgan fingerprint density at radius 2 is 2.12 bits per heavy atom. The predicted octanol–water partition coefficient (Wildman–Crippen LogP) is 3.47. The molecular weight excluding hydrogens is 428 g/mol. The van der Waals surface area contributed by atoms with Crippen LogP contribution in [0.2, 0.25) is 0 Å². The Morgan fingerprint density at radius 1 is 1.42 bits per heavy atom. The minimum absolute atomic E-state index is 0.0220. The average molecular weight is 441 g/mol. The first-order valence-electron chi connectivity index (χ1n) is 7.08. The van der Waals surface area contributed by atoms with Crippen LogP contribution in [0.25, 0.3) is 11.0 Å². The zero-order valence-corrected chi connectivity index (χ0v) is 15.0. The summed E-state index contributed by atoms with van der Waals surface area (Å²) in [6.07, 6.45) is 1.33. The molecule has 0 aliphatic carbocycles. The third-order valence-corrected chi connectivity index (χ3v) is 4.67. The van der Waals surface area contributed by atoms with Crippen molar-refractivity contribution < 1.29 is 18.7 Å². The van der Waals surface area contributed by atoms with E-state index in [0.717, 1.165) is 3.57 Å². The molecule has 0 aliphatic rings. The first-order valence-corrected chi connectivity index (χ1v) is 8.16. The number of carboxylic acid groups (broad SMARTS) is 1. The molecule has 3 rings (SSSR count). The van der Waals surface area contributed by atoms with Crippen LogP contribution in [-0.2, 0) is 13.5 Å². The molecule has 3 aromatic rings. The summed E-state index contributed by atoms with van der Waals surface area (Å²) in [4.78, 5) is 24.3. The molecule has 0 spiro atoms. The molecule has 0 atom stereocenters. The number of carboxylic acids is 1. The van der Waals surface area contributed by atoms with Crippen molar-refractivity contribution in [1.82, 2.24) is 4.57 Å². The molecule has 7 heteroatoms. The van der Waals surface area contributed by atoms with E-state index in [9.17, 15) is 19.1 Å². The number of hydrogen-bond acceptors (Lipinski definition) is 3. The fourth-order valence-electron chi connectivity index (χ4n) is 2.76. The molecule has 0 amide bonds. The van der Waals surface area contributed by atoms with Gasteiger partial charge in [0.05, 0.1) is 11.6 Å². The maximum Gasteiger partial charge on any atom is 0.341 e. The van der Waals surface area contributed by atoms with Gasteiger partial charge in [-0.2, -0.15) is 0 Å². The Morgan fingerprint density at radius 3 is 2.75 bits per heavy atom. The summed E-state index contributed by atoms with van der Waals surface area (Å²) in [5.74, 6) is -1.66. The Kier molecular flexibility index (Phi) is 4.20. The summed E-state index contributed by atoms with van der Waals surface area (Å²) in [5, 5.41) is 9.85. The van der Waals surface area contributed by atoms with Crippen molar-refractivity contribution in [3.8, 4) is 0 Å². The molecule has 5 nitrogen and oxygen atoms in total. The number of nitrogens with zero attached hydrogens (tertiary/aromatic N) is 1. The lowest BCUT2D eigenvalue weighted by molar-refractivity contribution is 0.0695. The van der Waals surface area contributed by atoms with E-state index in [2.05, 4.69) is 0 Å². The number of fused-ring (bicyclic) bond motifs is 1. The first-order chi connectivity index (χ1) is 11.3. The van der Waals surface area contributed by atoms with Crippen molar-refractivity contribution in [3.63, 3.8) is 0 Å². The van der Waals surface area contributed by atoms with Gasteiger partial charge >= 0.3 is 5.97 Å². The number of pyridine rings is 1. The molecule has 0 radical (unpaired) electrons. The highest BCUT2D eigenvalue weighted by Crippen LogP contribution is 2.26. The Labute approximate surface area is 149 Å². The van der Waals surface area contributed by atoms with Gasteiger partial charge in [-0.05, 0) is 47.2 Å². The number of rotatable bonds is 3. The molecule has 0 aliphatic heterocycles. The molecule has 0 saturated heterocycles. The number of aromatic carboxylic acids is 1. The highest BCUT2D eigenvalue weighted by Gasteiger charge is 2.24. The Balaban J connectivity index is 2.31. The third kappa shape index (κ3) is 2.62. The van der Waals surface area contributed by atoms with Crippen LogP contribution < -0.4 is 5.56 Å². The molecule has 1 N–H and O–H groups in total. The van der Waals surface area contributed by atoms with Crippen molar-refractivity contribution in [2.75, 3.05) is 0 Å². The molecule has 124 valence electrons. The smallest absolute Gasteiger partial charge is 0.341 e. The van der Waals surface area contributed by atoms with Crippen LogP contribution >= 0.6 is 22.6 Å². The van der Waals surface area contributed by atoms with Crippen molar-refractivity contribution in [2.45, 2.75) is 13.3 Å². The quantitative estimate of drug-likeness (QED) is 0.632. The van der Waals surface area contributed by atoms with Crippen molar-refractivity contribution in [1.29, 1.82) is 0 Å². The van der Waals surface area contributed by atoms with E-state index in [1.165, 1.54) is 23.9 Å². The monoisotopic (exact) mass is 441 g/mol. The standard InChI is InChI=1S/C17H13FINO4/c1-8-7-24-15-13(8)16(21)20(2)12(14(15)17(22)23)5-9-3-4-10(19)6-11(9)18/h3-4,6-7H,5H2,1-2H3,(H,22,23). The van der Waals surface area contributed by atoms with E-state index in [1.807, 2.05) is 22.6 Å². The molecule has 0 bridgehead atoms. The molecule has 2 heterocycles. The number of carbonyl (C=O) groups is 1. The zero-order chi connectivity index (χ0) is 17.6. The number of aromatic nitrogens is 1. The zero-order valence-electron chi connectivity index (χ0n) is 12.9. The van der Waals surface area contributed by atoms with Gasteiger partial charge in [-0.25, -0.2) is 9.18 Å². The Hall–Kier alpha value is -2.16. The number of benzene rings is 1. The van der Waals surface area contributed by atoms with E-state index >= 15 is 0 Å². The Bertz CT molecular complexity index is 1040. The molecular formula is C17H13FINO4. The molecule has 1 aromatic carbocycles. The summed E-state index contributed by atoms with van der Waals surface area (Å²) in [6.45, 7) is 1.68. The van der Waals surface area contributed by atoms with Crippen LogP contribution in [0.3, 0.4) is 0 Å². The van der Waals surface area contributed by atoms with Crippen LogP contribution in [0, 0.1) is 16.3 Å². The molecule has 0 fully saturated rings. The minimum Gasteiger partial charge on any atom is -0.477 e. The van der Waals surface area contributed by atoms with Gasteiger partial charge in [-0.15, -0.1) is 0 Å². The van der Waals surface area contributed by atoms with Gasteiger partial charge in [-0.1, -0.05) is 6.07 Å². The second-order valence-electron chi connectivity index (χ2n) is 5.53.